The fourth-order valence-electron chi connectivity index (χ4n) is 3.35. The van der Waals surface area contributed by atoms with E-state index in [0.717, 1.165) is 0 Å². The summed E-state index contributed by atoms with van der Waals surface area (Å²) < 4.78 is 0. The topological polar surface area (TPSA) is 171 Å². The molecule has 196 valence electrons. The van der Waals surface area contributed by atoms with Gasteiger partial charge in [0.2, 0.25) is 17.7 Å². The summed E-state index contributed by atoms with van der Waals surface area (Å²) in [5.74, 6) is -3.12. The molecular formula is C24H38N4O6S. The minimum absolute atomic E-state index is 0.0145. The second kappa shape index (κ2) is 14.6. The summed E-state index contributed by atoms with van der Waals surface area (Å²) in [7, 11) is 0. The monoisotopic (exact) mass is 510 g/mol. The molecule has 0 aromatic heterocycles. The maximum atomic E-state index is 13.2. The molecule has 0 aliphatic carbocycles. The van der Waals surface area contributed by atoms with Crippen molar-refractivity contribution in [3.63, 3.8) is 0 Å². The van der Waals surface area contributed by atoms with Crippen LogP contribution in [0.5, 0.6) is 5.75 Å². The van der Waals surface area contributed by atoms with Crippen molar-refractivity contribution in [3.05, 3.63) is 29.8 Å². The van der Waals surface area contributed by atoms with Crippen LogP contribution in [0.15, 0.2) is 24.3 Å². The number of phenols is 1. The molecule has 1 rings (SSSR count). The van der Waals surface area contributed by atoms with Gasteiger partial charge in [0.15, 0.2) is 0 Å². The number of carbonyl (C=O) groups is 4. The standard InChI is InChI=1S/C24H38N4O6S/c1-5-14(4)20(24(33)34)28-23(32)18(10-13(2)3)27-22(31)19(26-21(30)17(25)12-35)11-15-6-8-16(29)9-7-15/h6-9,13-14,17-20,29,35H,5,10-12,25H2,1-4H3,(H,26,30)(H,27,31)(H,28,32)(H,33,34). The van der Waals surface area contributed by atoms with E-state index in [-0.39, 0.29) is 36.2 Å². The zero-order valence-corrected chi connectivity index (χ0v) is 21.5. The molecule has 7 N–H and O–H groups in total. The van der Waals surface area contributed by atoms with E-state index < -0.39 is 47.9 Å². The molecule has 0 spiro atoms. The molecule has 10 nitrogen and oxygen atoms in total. The van der Waals surface area contributed by atoms with Crippen LogP contribution in [0.4, 0.5) is 0 Å². The lowest BCUT2D eigenvalue weighted by Crippen LogP contribution is -2.58. The quantitative estimate of drug-likeness (QED) is 0.182. The first kappa shape index (κ1) is 30.2. The number of aromatic hydroxyl groups is 1. The molecule has 5 atom stereocenters. The van der Waals surface area contributed by atoms with Crippen LogP contribution in [0.1, 0.15) is 46.1 Å². The van der Waals surface area contributed by atoms with Crippen LogP contribution in [0.2, 0.25) is 0 Å². The number of nitrogens with two attached hydrogens (primary N) is 1. The minimum Gasteiger partial charge on any atom is -0.508 e. The first-order valence-electron chi connectivity index (χ1n) is 11.7. The maximum absolute atomic E-state index is 13.2. The van der Waals surface area contributed by atoms with Gasteiger partial charge in [-0.3, -0.25) is 14.4 Å². The van der Waals surface area contributed by atoms with E-state index >= 15 is 0 Å². The number of carboxylic acid groups (broad SMARTS) is 1. The number of nitrogens with one attached hydrogen (secondary N) is 3. The average molecular weight is 511 g/mol. The third-order valence-electron chi connectivity index (χ3n) is 5.66. The van der Waals surface area contributed by atoms with Crippen molar-refractivity contribution in [2.45, 2.75) is 71.1 Å². The van der Waals surface area contributed by atoms with Gasteiger partial charge in [0.1, 0.15) is 23.9 Å². The zero-order valence-electron chi connectivity index (χ0n) is 20.7. The second-order valence-electron chi connectivity index (χ2n) is 9.12. The highest BCUT2D eigenvalue weighted by molar-refractivity contribution is 7.80. The van der Waals surface area contributed by atoms with E-state index in [0.29, 0.717) is 12.0 Å². The lowest BCUT2D eigenvalue weighted by atomic mass is 9.97. The lowest BCUT2D eigenvalue weighted by Gasteiger charge is -2.27. The van der Waals surface area contributed by atoms with E-state index in [1.54, 1.807) is 19.1 Å². The Morgan fingerprint density at radius 2 is 1.49 bits per heavy atom. The van der Waals surface area contributed by atoms with Gasteiger partial charge in [-0.25, -0.2) is 4.79 Å². The van der Waals surface area contributed by atoms with Crippen molar-refractivity contribution >= 4 is 36.3 Å². The molecule has 0 radical (unpaired) electrons. The summed E-state index contributed by atoms with van der Waals surface area (Å²) in [6.07, 6.45) is 0.892. The Morgan fingerprint density at radius 1 is 0.943 bits per heavy atom. The molecule has 11 heteroatoms. The summed E-state index contributed by atoms with van der Waals surface area (Å²) in [5, 5.41) is 26.9. The minimum atomic E-state index is -1.15. The molecule has 3 amide bonds. The number of carboxylic acids is 1. The SMILES string of the molecule is CCC(C)C(NC(=O)C(CC(C)C)NC(=O)C(Cc1ccc(O)cc1)NC(=O)C(N)CS)C(=O)O. The number of hydrogen-bond donors (Lipinski definition) is 7. The van der Waals surface area contributed by atoms with Gasteiger partial charge in [-0.2, -0.15) is 12.6 Å². The largest absolute Gasteiger partial charge is 0.508 e. The number of hydrogen-bond acceptors (Lipinski definition) is 7. The number of carbonyl (C=O) groups excluding carboxylic acids is 3. The van der Waals surface area contributed by atoms with Crippen LogP contribution in [0.25, 0.3) is 0 Å². The van der Waals surface area contributed by atoms with Gasteiger partial charge in [-0.05, 0) is 36.0 Å². The van der Waals surface area contributed by atoms with Crippen molar-refractivity contribution < 1.29 is 29.4 Å². The lowest BCUT2D eigenvalue weighted by molar-refractivity contribution is -0.144. The predicted octanol–water partition coefficient (Wildman–Crippen LogP) is 0.823. The van der Waals surface area contributed by atoms with E-state index in [9.17, 15) is 29.4 Å². The Morgan fingerprint density at radius 3 is 1.97 bits per heavy atom. The van der Waals surface area contributed by atoms with Gasteiger partial charge < -0.3 is 31.9 Å². The fraction of sp³-hybridized carbons (Fsp3) is 0.583. The Kier molecular flexibility index (Phi) is 12.6. The molecule has 1 aromatic carbocycles. The molecule has 0 saturated heterocycles. The number of rotatable bonds is 14. The average Bonchev–Trinajstić information content (AvgIpc) is 2.81. The number of benzene rings is 1. The summed E-state index contributed by atoms with van der Waals surface area (Å²) >= 11 is 4.02. The normalized spacial score (nSPS) is 15.4. The van der Waals surface area contributed by atoms with Gasteiger partial charge >= 0.3 is 5.97 Å². The van der Waals surface area contributed by atoms with Gasteiger partial charge in [0.05, 0.1) is 6.04 Å². The van der Waals surface area contributed by atoms with Crippen LogP contribution in [0, 0.1) is 11.8 Å². The zero-order chi connectivity index (χ0) is 26.7. The van der Waals surface area contributed by atoms with Gasteiger partial charge in [-0.15, -0.1) is 0 Å². The second-order valence-corrected chi connectivity index (χ2v) is 9.49. The van der Waals surface area contributed by atoms with Crippen molar-refractivity contribution in [1.29, 1.82) is 0 Å². The van der Waals surface area contributed by atoms with Crippen LogP contribution < -0.4 is 21.7 Å². The van der Waals surface area contributed by atoms with Gasteiger partial charge in [0, 0.05) is 12.2 Å². The first-order valence-corrected chi connectivity index (χ1v) is 12.3. The highest BCUT2D eigenvalue weighted by Crippen LogP contribution is 2.13. The van der Waals surface area contributed by atoms with Crippen LogP contribution in [-0.4, -0.2) is 63.8 Å². The molecule has 0 heterocycles. The Bertz CT molecular complexity index is 864. The fourth-order valence-corrected chi connectivity index (χ4v) is 3.52. The number of amides is 3. The molecule has 0 aliphatic rings. The maximum Gasteiger partial charge on any atom is 0.326 e. The van der Waals surface area contributed by atoms with Crippen molar-refractivity contribution in [2.24, 2.45) is 17.6 Å². The van der Waals surface area contributed by atoms with E-state index in [1.165, 1.54) is 12.1 Å². The Hall–Kier alpha value is -2.79. The number of phenolic OH excluding ortho intramolecular Hbond substituents is 1. The third kappa shape index (κ3) is 10.2. The van der Waals surface area contributed by atoms with Crippen molar-refractivity contribution in [3.8, 4) is 5.75 Å². The molecule has 35 heavy (non-hydrogen) atoms. The molecule has 0 bridgehead atoms. The van der Waals surface area contributed by atoms with Gasteiger partial charge in [0.25, 0.3) is 0 Å². The predicted molar refractivity (Wildman–Crippen MR) is 136 cm³/mol. The Balaban J connectivity index is 3.13. The summed E-state index contributed by atoms with van der Waals surface area (Å²) in [5.41, 5.74) is 6.41. The van der Waals surface area contributed by atoms with Crippen LogP contribution in [0.3, 0.4) is 0 Å². The number of aliphatic carboxylic acids is 1. The molecule has 5 unspecified atom stereocenters. The van der Waals surface area contributed by atoms with Crippen molar-refractivity contribution in [2.75, 3.05) is 5.75 Å². The number of thiol groups is 1. The van der Waals surface area contributed by atoms with Gasteiger partial charge in [-0.1, -0.05) is 46.2 Å². The summed E-state index contributed by atoms with van der Waals surface area (Å²) in [4.78, 5) is 50.3. The smallest absolute Gasteiger partial charge is 0.326 e. The molecule has 1 aromatic rings. The molecular weight excluding hydrogens is 472 g/mol. The summed E-state index contributed by atoms with van der Waals surface area (Å²) in [6, 6.07) is 2.04. The highest BCUT2D eigenvalue weighted by Gasteiger charge is 2.32. The highest BCUT2D eigenvalue weighted by atomic mass is 32.1. The molecule has 0 saturated carbocycles. The van der Waals surface area contributed by atoms with E-state index in [1.807, 2.05) is 20.8 Å². The van der Waals surface area contributed by atoms with E-state index in [2.05, 4.69) is 28.6 Å². The third-order valence-corrected chi connectivity index (χ3v) is 6.05. The van der Waals surface area contributed by atoms with Crippen molar-refractivity contribution in [1.82, 2.24) is 16.0 Å². The van der Waals surface area contributed by atoms with E-state index in [4.69, 9.17) is 5.73 Å². The Labute approximate surface area is 211 Å². The van der Waals surface area contributed by atoms with Crippen LogP contribution in [-0.2, 0) is 25.6 Å². The molecule has 0 aliphatic heterocycles. The molecule has 0 fully saturated rings. The summed E-state index contributed by atoms with van der Waals surface area (Å²) in [6.45, 7) is 7.30. The van der Waals surface area contributed by atoms with Crippen LogP contribution >= 0.6 is 12.6 Å². The first-order chi connectivity index (χ1) is 16.4.